The number of imidazole rings is 1. The molecule has 0 fully saturated rings. The molecule has 2 N–H and O–H groups in total. The molecule has 102 valence electrons. The molecular weight excluding hydrogens is 254 g/mol. The zero-order valence-corrected chi connectivity index (χ0v) is 11.1. The van der Waals surface area contributed by atoms with E-state index < -0.39 is 0 Å². The Kier molecular flexibility index (Phi) is 3.16. The Morgan fingerprint density at radius 2 is 2.10 bits per heavy atom. The van der Waals surface area contributed by atoms with Crippen LogP contribution in [-0.2, 0) is 6.61 Å². The lowest BCUT2D eigenvalue weighted by Gasteiger charge is -2.10. The Bertz CT molecular complexity index is 704. The number of rotatable bonds is 4. The molecule has 2 heterocycles. The van der Waals surface area contributed by atoms with Crippen molar-refractivity contribution in [1.29, 1.82) is 0 Å². The lowest BCUT2D eigenvalue weighted by atomic mass is 10.3. The minimum absolute atomic E-state index is 0.363. The molecule has 0 spiro atoms. The number of aromatic nitrogens is 2. The van der Waals surface area contributed by atoms with Gasteiger partial charge in [0.1, 0.15) is 12.3 Å². The van der Waals surface area contributed by atoms with E-state index in [1.165, 1.54) is 0 Å². The van der Waals surface area contributed by atoms with E-state index in [2.05, 4.69) is 4.98 Å². The molecule has 0 saturated carbocycles. The van der Waals surface area contributed by atoms with Crippen molar-refractivity contribution in [1.82, 2.24) is 9.38 Å². The van der Waals surface area contributed by atoms with E-state index in [-0.39, 0.29) is 0 Å². The maximum Gasteiger partial charge on any atom is 0.163 e. The highest BCUT2D eigenvalue weighted by molar-refractivity contribution is 5.52. The van der Waals surface area contributed by atoms with Crippen molar-refractivity contribution in [3.8, 4) is 11.5 Å². The first-order valence-corrected chi connectivity index (χ1v) is 6.25. The highest BCUT2D eigenvalue weighted by Crippen LogP contribution is 2.29. The number of hydrogen-bond donors (Lipinski definition) is 1. The molecule has 0 unspecified atom stereocenters. The summed E-state index contributed by atoms with van der Waals surface area (Å²) in [6.45, 7) is 0.363. The van der Waals surface area contributed by atoms with E-state index in [0.29, 0.717) is 23.8 Å². The number of anilines is 1. The summed E-state index contributed by atoms with van der Waals surface area (Å²) in [7, 11) is 1.60. The summed E-state index contributed by atoms with van der Waals surface area (Å²) in [6.07, 6.45) is 3.89. The molecule has 2 aromatic heterocycles. The molecule has 20 heavy (non-hydrogen) atoms. The third kappa shape index (κ3) is 2.38. The van der Waals surface area contributed by atoms with Gasteiger partial charge in [-0.05, 0) is 24.3 Å². The SMILES string of the molecule is COc1ccc(N)cc1OCc1cn2ccccc2n1. The van der Waals surface area contributed by atoms with Crippen LogP contribution in [0.25, 0.3) is 5.65 Å². The first-order chi connectivity index (χ1) is 9.76. The Balaban J connectivity index is 1.80. The molecule has 0 saturated heterocycles. The zero-order valence-electron chi connectivity index (χ0n) is 11.1. The number of pyridine rings is 1. The molecule has 1 aromatic carbocycles. The smallest absolute Gasteiger partial charge is 0.163 e. The van der Waals surface area contributed by atoms with Crippen LogP contribution in [0.3, 0.4) is 0 Å². The number of fused-ring (bicyclic) bond motifs is 1. The maximum absolute atomic E-state index is 5.76. The number of nitrogens with zero attached hydrogens (tertiary/aromatic N) is 2. The van der Waals surface area contributed by atoms with Crippen molar-refractivity contribution in [2.45, 2.75) is 6.61 Å². The first-order valence-electron chi connectivity index (χ1n) is 6.25. The van der Waals surface area contributed by atoms with Crippen LogP contribution >= 0.6 is 0 Å². The summed E-state index contributed by atoms with van der Waals surface area (Å²) in [4.78, 5) is 4.47. The van der Waals surface area contributed by atoms with E-state index in [9.17, 15) is 0 Å². The van der Waals surface area contributed by atoms with Gasteiger partial charge in [-0.1, -0.05) is 6.07 Å². The van der Waals surface area contributed by atoms with Gasteiger partial charge in [0, 0.05) is 24.1 Å². The average molecular weight is 269 g/mol. The molecule has 0 atom stereocenters. The maximum atomic E-state index is 5.76. The minimum atomic E-state index is 0.363. The highest BCUT2D eigenvalue weighted by atomic mass is 16.5. The van der Waals surface area contributed by atoms with Gasteiger partial charge < -0.3 is 19.6 Å². The molecule has 5 heteroatoms. The summed E-state index contributed by atoms with van der Waals surface area (Å²) in [6, 6.07) is 11.2. The van der Waals surface area contributed by atoms with Crippen LogP contribution < -0.4 is 15.2 Å². The Hall–Kier alpha value is -2.69. The van der Waals surface area contributed by atoms with Crippen LogP contribution in [0.4, 0.5) is 5.69 Å². The number of methoxy groups -OCH3 is 1. The normalized spacial score (nSPS) is 10.7. The summed E-state index contributed by atoms with van der Waals surface area (Å²) in [5.41, 5.74) is 8.13. The van der Waals surface area contributed by atoms with E-state index in [1.807, 2.05) is 35.0 Å². The molecule has 0 aliphatic heterocycles. The molecule has 0 aliphatic rings. The molecule has 3 aromatic rings. The summed E-state index contributed by atoms with van der Waals surface area (Å²) in [5.74, 6) is 1.27. The quantitative estimate of drug-likeness (QED) is 0.739. The predicted molar refractivity (Wildman–Crippen MR) is 76.9 cm³/mol. The molecule has 5 nitrogen and oxygen atoms in total. The first kappa shape index (κ1) is 12.3. The molecule has 0 radical (unpaired) electrons. The molecule has 3 rings (SSSR count). The summed E-state index contributed by atoms with van der Waals surface area (Å²) < 4.78 is 12.9. The van der Waals surface area contributed by atoms with Crippen LogP contribution in [0.2, 0.25) is 0 Å². The monoisotopic (exact) mass is 269 g/mol. The van der Waals surface area contributed by atoms with Crippen molar-refractivity contribution in [3.05, 3.63) is 54.5 Å². The van der Waals surface area contributed by atoms with E-state index in [1.54, 1.807) is 25.3 Å². The Labute approximate surface area is 116 Å². The van der Waals surface area contributed by atoms with Crippen molar-refractivity contribution in [2.24, 2.45) is 0 Å². The molecular formula is C15H15N3O2. The third-order valence-electron chi connectivity index (χ3n) is 2.98. The zero-order chi connectivity index (χ0) is 13.9. The van der Waals surface area contributed by atoms with Crippen LogP contribution in [0, 0.1) is 0 Å². The molecule has 0 amide bonds. The topological polar surface area (TPSA) is 61.8 Å². The van der Waals surface area contributed by atoms with Crippen LogP contribution in [-0.4, -0.2) is 16.5 Å². The van der Waals surface area contributed by atoms with Gasteiger partial charge in [-0.2, -0.15) is 0 Å². The van der Waals surface area contributed by atoms with Crippen LogP contribution in [0.5, 0.6) is 11.5 Å². The van der Waals surface area contributed by atoms with E-state index >= 15 is 0 Å². The largest absolute Gasteiger partial charge is 0.493 e. The second-order valence-electron chi connectivity index (χ2n) is 4.40. The fraction of sp³-hybridized carbons (Fsp3) is 0.133. The van der Waals surface area contributed by atoms with Gasteiger partial charge >= 0.3 is 0 Å². The van der Waals surface area contributed by atoms with Gasteiger partial charge in [-0.15, -0.1) is 0 Å². The lowest BCUT2D eigenvalue weighted by Crippen LogP contribution is -1.99. The summed E-state index contributed by atoms with van der Waals surface area (Å²) in [5, 5.41) is 0. The second kappa shape index (κ2) is 5.13. The Morgan fingerprint density at radius 1 is 1.20 bits per heavy atom. The number of ether oxygens (including phenoxy) is 2. The predicted octanol–water partition coefficient (Wildman–Crippen LogP) is 2.50. The summed E-state index contributed by atoms with van der Waals surface area (Å²) >= 11 is 0. The Morgan fingerprint density at radius 3 is 2.90 bits per heavy atom. The van der Waals surface area contributed by atoms with Gasteiger partial charge in [0.05, 0.1) is 12.8 Å². The van der Waals surface area contributed by atoms with Crippen molar-refractivity contribution >= 4 is 11.3 Å². The van der Waals surface area contributed by atoms with Gasteiger partial charge in [0.2, 0.25) is 0 Å². The van der Waals surface area contributed by atoms with Gasteiger partial charge in [0.25, 0.3) is 0 Å². The number of benzene rings is 1. The number of nitrogen functional groups attached to an aromatic ring is 1. The van der Waals surface area contributed by atoms with Gasteiger partial charge in [-0.3, -0.25) is 0 Å². The standard InChI is InChI=1S/C15H15N3O2/c1-19-13-6-5-11(16)8-14(13)20-10-12-9-18-7-3-2-4-15(18)17-12/h2-9H,10,16H2,1H3. The average Bonchev–Trinajstić information content (AvgIpc) is 2.88. The number of nitrogens with two attached hydrogens (primary N) is 1. The second-order valence-corrected chi connectivity index (χ2v) is 4.40. The van der Waals surface area contributed by atoms with Crippen molar-refractivity contribution in [2.75, 3.05) is 12.8 Å². The lowest BCUT2D eigenvalue weighted by molar-refractivity contribution is 0.281. The fourth-order valence-electron chi connectivity index (χ4n) is 2.01. The van der Waals surface area contributed by atoms with E-state index in [4.69, 9.17) is 15.2 Å². The number of hydrogen-bond acceptors (Lipinski definition) is 4. The molecule has 0 bridgehead atoms. The van der Waals surface area contributed by atoms with Gasteiger partial charge in [-0.25, -0.2) is 4.98 Å². The van der Waals surface area contributed by atoms with Crippen molar-refractivity contribution < 1.29 is 9.47 Å². The third-order valence-corrected chi connectivity index (χ3v) is 2.98. The fourth-order valence-corrected chi connectivity index (χ4v) is 2.01. The van der Waals surface area contributed by atoms with Gasteiger partial charge in [0.15, 0.2) is 11.5 Å². The van der Waals surface area contributed by atoms with Crippen LogP contribution in [0.1, 0.15) is 5.69 Å². The van der Waals surface area contributed by atoms with E-state index in [0.717, 1.165) is 11.3 Å². The van der Waals surface area contributed by atoms with Crippen LogP contribution in [0.15, 0.2) is 48.8 Å². The minimum Gasteiger partial charge on any atom is -0.493 e. The van der Waals surface area contributed by atoms with Crippen molar-refractivity contribution in [3.63, 3.8) is 0 Å². The highest BCUT2D eigenvalue weighted by Gasteiger charge is 2.07. The molecule has 0 aliphatic carbocycles.